The number of ether oxygens (including phenoxy) is 2. The molecule has 1 aliphatic heterocycles. The smallest absolute Gasteiger partial charge is 0.300 e. The fourth-order valence-electron chi connectivity index (χ4n) is 3.98. The third-order valence-corrected chi connectivity index (χ3v) is 6.36. The quantitative estimate of drug-likeness (QED) is 0.228. The van der Waals surface area contributed by atoms with E-state index in [1.54, 1.807) is 25.1 Å². The van der Waals surface area contributed by atoms with Gasteiger partial charge in [0.1, 0.15) is 5.76 Å². The minimum atomic E-state index is -1.21. The number of benzene rings is 3. The maximum absolute atomic E-state index is 14.1. The molecular weight excluding hydrogens is 515 g/mol. The Morgan fingerprint density at radius 3 is 2.36 bits per heavy atom. The predicted octanol–water partition coefficient (Wildman–Crippen LogP) is 6.31. The Kier molecular flexibility index (Phi) is 7.19. The van der Waals surface area contributed by atoms with Gasteiger partial charge in [-0.25, -0.2) is 8.78 Å². The van der Waals surface area contributed by atoms with E-state index in [0.29, 0.717) is 23.7 Å². The molecule has 4 rings (SSSR count). The van der Waals surface area contributed by atoms with Crippen molar-refractivity contribution in [3.8, 4) is 11.5 Å². The molecule has 0 spiro atoms. The summed E-state index contributed by atoms with van der Waals surface area (Å²) >= 11 is 12.1. The number of rotatable bonds is 6. The number of carbonyl (C=O) groups is 2. The SMILES string of the molecule is CCOc1cc(C2/C(=C(\O)c3ccc(Cl)c(Cl)c3)C(=O)C(=O)N2c2ccc(F)c(F)c2)ccc1OC. The zero-order valence-electron chi connectivity index (χ0n) is 19.0. The zero-order valence-corrected chi connectivity index (χ0v) is 20.5. The Balaban J connectivity index is 1.98. The van der Waals surface area contributed by atoms with Crippen molar-refractivity contribution < 1.29 is 33.0 Å². The molecule has 3 aromatic carbocycles. The molecule has 186 valence electrons. The van der Waals surface area contributed by atoms with Crippen LogP contribution in [0, 0.1) is 11.6 Å². The van der Waals surface area contributed by atoms with E-state index in [0.717, 1.165) is 17.0 Å². The molecule has 0 radical (unpaired) electrons. The van der Waals surface area contributed by atoms with Gasteiger partial charge in [0.2, 0.25) is 0 Å². The lowest BCUT2D eigenvalue weighted by Gasteiger charge is -2.26. The van der Waals surface area contributed by atoms with Crippen LogP contribution in [0.1, 0.15) is 24.1 Å². The third-order valence-electron chi connectivity index (χ3n) is 5.62. The Labute approximate surface area is 215 Å². The molecule has 1 atom stereocenters. The molecule has 1 fully saturated rings. The molecule has 0 aromatic heterocycles. The zero-order chi connectivity index (χ0) is 26.1. The first-order valence-electron chi connectivity index (χ1n) is 10.7. The van der Waals surface area contributed by atoms with E-state index in [4.69, 9.17) is 32.7 Å². The van der Waals surface area contributed by atoms with Crippen LogP contribution < -0.4 is 14.4 Å². The monoisotopic (exact) mass is 533 g/mol. The third kappa shape index (κ3) is 4.50. The minimum absolute atomic E-state index is 0.0806. The summed E-state index contributed by atoms with van der Waals surface area (Å²) in [7, 11) is 1.45. The van der Waals surface area contributed by atoms with E-state index in [9.17, 15) is 23.5 Å². The first-order chi connectivity index (χ1) is 17.2. The first kappa shape index (κ1) is 25.5. The Morgan fingerprint density at radius 1 is 0.972 bits per heavy atom. The van der Waals surface area contributed by atoms with Crippen LogP contribution in [0.25, 0.3) is 5.76 Å². The van der Waals surface area contributed by atoms with E-state index in [1.807, 2.05) is 0 Å². The normalized spacial score (nSPS) is 16.9. The van der Waals surface area contributed by atoms with Gasteiger partial charge < -0.3 is 14.6 Å². The van der Waals surface area contributed by atoms with Gasteiger partial charge in [-0.1, -0.05) is 29.3 Å². The van der Waals surface area contributed by atoms with Crippen LogP contribution in [0.15, 0.2) is 60.2 Å². The maximum atomic E-state index is 14.1. The molecule has 1 N–H and O–H groups in total. The van der Waals surface area contributed by atoms with Crippen molar-refractivity contribution in [2.45, 2.75) is 13.0 Å². The number of carbonyl (C=O) groups excluding carboxylic acids is 2. The average Bonchev–Trinajstić information content (AvgIpc) is 3.12. The molecule has 10 heteroatoms. The molecule has 1 amide bonds. The summed E-state index contributed by atoms with van der Waals surface area (Å²) < 4.78 is 38.7. The van der Waals surface area contributed by atoms with Crippen LogP contribution in [0.3, 0.4) is 0 Å². The van der Waals surface area contributed by atoms with Gasteiger partial charge in [-0.2, -0.15) is 0 Å². The predicted molar refractivity (Wildman–Crippen MR) is 132 cm³/mol. The van der Waals surface area contributed by atoms with Crippen molar-refractivity contribution in [3.05, 3.63) is 93.0 Å². The van der Waals surface area contributed by atoms with E-state index in [2.05, 4.69) is 0 Å². The number of Topliss-reactive ketones (excluding diaryl/α,β-unsaturated/α-hetero) is 1. The number of amides is 1. The summed E-state index contributed by atoms with van der Waals surface area (Å²) in [6.45, 7) is 2.07. The molecule has 36 heavy (non-hydrogen) atoms. The summed E-state index contributed by atoms with van der Waals surface area (Å²) in [6.07, 6.45) is 0. The number of hydrogen-bond donors (Lipinski definition) is 1. The molecule has 0 bridgehead atoms. The Hall–Kier alpha value is -3.62. The molecular formula is C26H19Cl2F2NO5. The highest BCUT2D eigenvalue weighted by molar-refractivity contribution is 6.51. The molecule has 0 saturated carbocycles. The van der Waals surface area contributed by atoms with Gasteiger partial charge >= 0.3 is 0 Å². The summed E-state index contributed by atoms with van der Waals surface area (Å²) in [5, 5.41) is 11.5. The number of nitrogens with zero attached hydrogens (tertiary/aromatic N) is 1. The number of aliphatic hydroxyl groups is 1. The second kappa shape index (κ2) is 10.2. The van der Waals surface area contributed by atoms with Crippen molar-refractivity contribution in [2.24, 2.45) is 0 Å². The van der Waals surface area contributed by atoms with Crippen molar-refractivity contribution in [2.75, 3.05) is 18.6 Å². The van der Waals surface area contributed by atoms with Gasteiger partial charge in [0, 0.05) is 17.3 Å². The van der Waals surface area contributed by atoms with Gasteiger partial charge in [-0.3, -0.25) is 14.5 Å². The number of halogens is 4. The van der Waals surface area contributed by atoms with E-state index in [1.165, 1.54) is 31.4 Å². The first-order valence-corrected chi connectivity index (χ1v) is 11.5. The summed E-state index contributed by atoms with van der Waals surface area (Å²) in [5.74, 6) is -4.19. The van der Waals surface area contributed by atoms with Gasteiger partial charge in [-0.15, -0.1) is 0 Å². The molecule has 0 aliphatic carbocycles. The molecule has 3 aromatic rings. The number of hydrogen-bond acceptors (Lipinski definition) is 5. The molecule has 1 saturated heterocycles. The number of aliphatic hydroxyl groups excluding tert-OH is 1. The van der Waals surface area contributed by atoms with Crippen LogP contribution >= 0.6 is 23.2 Å². The standard InChI is InChI=1S/C26H19Cl2F2NO5/c1-3-36-21-11-13(5-9-20(21)35-2)23-22(24(32)14-4-7-16(27)17(28)10-14)25(33)26(34)31(23)15-6-8-18(29)19(30)12-15/h4-12,23,32H,3H2,1-2H3/b24-22+. The van der Waals surface area contributed by atoms with Crippen LogP contribution in [0.2, 0.25) is 10.0 Å². The molecule has 1 aliphatic rings. The molecule has 6 nitrogen and oxygen atoms in total. The lowest BCUT2D eigenvalue weighted by atomic mass is 9.94. The maximum Gasteiger partial charge on any atom is 0.300 e. The van der Waals surface area contributed by atoms with Gasteiger partial charge in [-0.05, 0) is 55.0 Å². The molecule has 1 unspecified atom stereocenters. The lowest BCUT2D eigenvalue weighted by molar-refractivity contribution is -0.132. The van der Waals surface area contributed by atoms with Crippen LogP contribution in [0.5, 0.6) is 11.5 Å². The summed E-state index contributed by atoms with van der Waals surface area (Å²) in [5.41, 5.74) is 0.125. The second-order valence-electron chi connectivity index (χ2n) is 7.74. The van der Waals surface area contributed by atoms with Gasteiger partial charge in [0.15, 0.2) is 23.1 Å². The van der Waals surface area contributed by atoms with E-state index in [-0.39, 0.29) is 26.9 Å². The summed E-state index contributed by atoms with van der Waals surface area (Å²) in [6, 6.07) is 10.5. The largest absolute Gasteiger partial charge is 0.507 e. The van der Waals surface area contributed by atoms with Crippen molar-refractivity contribution >= 4 is 46.3 Å². The fourth-order valence-corrected chi connectivity index (χ4v) is 4.28. The van der Waals surface area contributed by atoms with Gasteiger partial charge in [0.05, 0.1) is 35.4 Å². The fraction of sp³-hybridized carbons (Fsp3) is 0.154. The van der Waals surface area contributed by atoms with E-state index >= 15 is 0 Å². The second-order valence-corrected chi connectivity index (χ2v) is 8.55. The molecule has 1 heterocycles. The van der Waals surface area contributed by atoms with E-state index < -0.39 is 35.1 Å². The highest BCUT2D eigenvalue weighted by atomic mass is 35.5. The average molecular weight is 534 g/mol. The van der Waals surface area contributed by atoms with Crippen LogP contribution in [0.4, 0.5) is 14.5 Å². The topological polar surface area (TPSA) is 76.1 Å². The van der Waals surface area contributed by atoms with Crippen molar-refractivity contribution in [1.29, 1.82) is 0 Å². The highest BCUT2D eigenvalue weighted by Crippen LogP contribution is 2.44. The van der Waals surface area contributed by atoms with Crippen molar-refractivity contribution in [3.63, 3.8) is 0 Å². The van der Waals surface area contributed by atoms with Gasteiger partial charge in [0.25, 0.3) is 11.7 Å². The Morgan fingerprint density at radius 2 is 1.72 bits per heavy atom. The van der Waals surface area contributed by atoms with Crippen LogP contribution in [-0.4, -0.2) is 30.5 Å². The van der Waals surface area contributed by atoms with Crippen LogP contribution in [-0.2, 0) is 9.59 Å². The lowest BCUT2D eigenvalue weighted by Crippen LogP contribution is -2.29. The number of methoxy groups -OCH3 is 1. The summed E-state index contributed by atoms with van der Waals surface area (Å²) in [4.78, 5) is 27.4. The Bertz CT molecular complexity index is 1410. The highest BCUT2D eigenvalue weighted by Gasteiger charge is 2.47. The minimum Gasteiger partial charge on any atom is -0.507 e. The number of ketones is 1. The van der Waals surface area contributed by atoms with Crippen molar-refractivity contribution in [1.82, 2.24) is 0 Å². The number of anilines is 1.